The molecule has 0 aliphatic carbocycles. The van der Waals surface area contributed by atoms with E-state index in [9.17, 15) is 16.8 Å². The van der Waals surface area contributed by atoms with E-state index in [1.807, 2.05) is 0 Å². The first-order valence-electron chi connectivity index (χ1n) is 5.37. The van der Waals surface area contributed by atoms with Crippen LogP contribution in [0.1, 0.15) is 11.1 Å². The van der Waals surface area contributed by atoms with Gasteiger partial charge in [0.1, 0.15) is 12.4 Å². The third-order valence-corrected chi connectivity index (χ3v) is 4.66. The van der Waals surface area contributed by atoms with Crippen LogP contribution in [0, 0.1) is 13.8 Å². The summed E-state index contributed by atoms with van der Waals surface area (Å²) in [6.45, 7) is 3.37. The molecule has 0 bridgehead atoms. The van der Waals surface area contributed by atoms with Crippen LogP contribution in [0.3, 0.4) is 0 Å². The summed E-state index contributed by atoms with van der Waals surface area (Å²) in [5.41, 5.74) is 1.18. The molecule has 0 saturated heterocycles. The van der Waals surface area contributed by atoms with Crippen molar-refractivity contribution in [2.75, 3.05) is 18.6 Å². The highest BCUT2D eigenvalue weighted by Crippen LogP contribution is 2.28. The van der Waals surface area contributed by atoms with Crippen LogP contribution in [0.2, 0.25) is 0 Å². The van der Waals surface area contributed by atoms with Gasteiger partial charge in [0.2, 0.25) is 0 Å². The fourth-order valence-electron chi connectivity index (χ4n) is 1.57. The van der Waals surface area contributed by atoms with Gasteiger partial charge in [0.15, 0.2) is 9.84 Å². The summed E-state index contributed by atoms with van der Waals surface area (Å²) in [6, 6.07) is 2.79. The Morgan fingerprint density at radius 2 is 1.58 bits per heavy atom. The van der Waals surface area contributed by atoms with Gasteiger partial charge >= 0.3 is 0 Å². The van der Waals surface area contributed by atoms with Crippen molar-refractivity contribution in [3.63, 3.8) is 0 Å². The molecule has 0 N–H and O–H groups in total. The molecule has 1 aromatic rings. The molecule has 0 spiro atoms. The summed E-state index contributed by atoms with van der Waals surface area (Å²) < 4.78 is 49.9. The lowest BCUT2D eigenvalue weighted by Crippen LogP contribution is -2.13. The molecule has 5 nitrogen and oxygen atoms in total. The Balaban J connectivity index is 2.99. The molecule has 0 amide bonds. The number of sulfone groups is 1. The molecule has 0 aliphatic heterocycles. The molecular formula is C11H15ClO5S2. The Bertz CT molecular complexity index is 654. The minimum atomic E-state index is -3.79. The molecule has 8 heteroatoms. The van der Waals surface area contributed by atoms with Gasteiger partial charge < -0.3 is 4.74 Å². The van der Waals surface area contributed by atoms with Crippen molar-refractivity contribution in [3.8, 4) is 5.75 Å². The van der Waals surface area contributed by atoms with E-state index in [1.165, 1.54) is 12.1 Å². The van der Waals surface area contributed by atoms with E-state index in [1.54, 1.807) is 13.8 Å². The van der Waals surface area contributed by atoms with Gasteiger partial charge in [-0.3, -0.25) is 0 Å². The lowest BCUT2D eigenvalue weighted by atomic mass is 10.1. The van der Waals surface area contributed by atoms with Crippen LogP contribution < -0.4 is 4.74 Å². The summed E-state index contributed by atoms with van der Waals surface area (Å²) in [5.74, 6) is 0.384. The minimum absolute atomic E-state index is 0.000343. The molecule has 0 aromatic heterocycles. The molecule has 1 rings (SSSR count). The van der Waals surface area contributed by atoms with Crippen molar-refractivity contribution in [3.05, 3.63) is 23.3 Å². The molecule has 1 aromatic carbocycles. The smallest absolute Gasteiger partial charge is 0.261 e. The molecule has 0 radical (unpaired) electrons. The van der Waals surface area contributed by atoms with Gasteiger partial charge in [0, 0.05) is 16.9 Å². The molecule has 0 heterocycles. The molecule has 0 saturated carbocycles. The summed E-state index contributed by atoms with van der Waals surface area (Å²) in [7, 11) is -1.61. The minimum Gasteiger partial charge on any atom is -0.492 e. The standard InChI is InChI=1S/C11H15ClO5S2/c1-8-6-10(19(12,15)16)7-9(2)11(8)17-4-5-18(3,13)14/h6-7H,4-5H2,1-3H3. The van der Waals surface area contributed by atoms with Gasteiger partial charge in [0.05, 0.1) is 10.6 Å². The van der Waals surface area contributed by atoms with Crippen LogP contribution in [-0.2, 0) is 18.9 Å². The number of hydrogen-bond donors (Lipinski definition) is 0. The number of ether oxygens (including phenoxy) is 1. The van der Waals surface area contributed by atoms with E-state index in [0.717, 1.165) is 6.26 Å². The Kier molecular flexibility index (Phi) is 4.86. The summed E-state index contributed by atoms with van der Waals surface area (Å²) in [5, 5.41) is 0. The van der Waals surface area contributed by atoms with Gasteiger partial charge in [-0.1, -0.05) is 0 Å². The maximum Gasteiger partial charge on any atom is 0.261 e. The largest absolute Gasteiger partial charge is 0.492 e. The summed E-state index contributed by atoms with van der Waals surface area (Å²) in [4.78, 5) is -0.000343. The Hall–Kier alpha value is -0.790. The van der Waals surface area contributed by atoms with Gasteiger partial charge in [-0.15, -0.1) is 0 Å². The highest BCUT2D eigenvalue weighted by molar-refractivity contribution is 8.13. The lowest BCUT2D eigenvalue weighted by Gasteiger charge is -2.12. The second-order valence-electron chi connectivity index (χ2n) is 4.30. The van der Waals surface area contributed by atoms with E-state index in [-0.39, 0.29) is 17.3 Å². The van der Waals surface area contributed by atoms with E-state index < -0.39 is 18.9 Å². The number of aryl methyl sites for hydroxylation is 2. The van der Waals surface area contributed by atoms with Crippen molar-refractivity contribution >= 4 is 29.6 Å². The van der Waals surface area contributed by atoms with Gasteiger partial charge in [-0.05, 0) is 37.1 Å². The van der Waals surface area contributed by atoms with Gasteiger partial charge in [0.25, 0.3) is 9.05 Å². The zero-order valence-corrected chi connectivity index (χ0v) is 13.2. The molecule has 108 valence electrons. The monoisotopic (exact) mass is 326 g/mol. The van der Waals surface area contributed by atoms with E-state index in [0.29, 0.717) is 16.9 Å². The van der Waals surface area contributed by atoms with E-state index in [4.69, 9.17) is 15.4 Å². The Morgan fingerprint density at radius 1 is 1.11 bits per heavy atom. The van der Waals surface area contributed by atoms with Crippen molar-refractivity contribution in [2.24, 2.45) is 0 Å². The molecule has 19 heavy (non-hydrogen) atoms. The maximum absolute atomic E-state index is 11.2. The number of hydrogen-bond acceptors (Lipinski definition) is 5. The lowest BCUT2D eigenvalue weighted by molar-refractivity contribution is 0.336. The van der Waals surface area contributed by atoms with Crippen molar-refractivity contribution in [2.45, 2.75) is 18.7 Å². The predicted octanol–water partition coefficient (Wildman–Crippen LogP) is 1.65. The number of halogens is 1. The second-order valence-corrected chi connectivity index (χ2v) is 9.13. The molecular weight excluding hydrogens is 312 g/mol. The van der Waals surface area contributed by atoms with Crippen LogP contribution in [0.5, 0.6) is 5.75 Å². The summed E-state index contributed by atoms with van der Waals surface area (Å²) >= 11 is 0. The second kappa shape index (κ2) is 5.68. The van der Waals surface area contributed by atoms with Crippen molar-refractivity contribution < 1.29 is 21.6 Å². The van der Waals surface area contributed by atoms with Crippen LogP contribution in [0.25, 0.3) is 0 Å². The normalized spacial score (nSPS) is 12.4. The number of rotatable bonds is 5. The first kappa shape index (κ1) is 16.3. The SMILES string of the molecule is Cc1cc(S(=O)(=O)Cl)cc(C)c1OCCS(C)(=O)=O. The van der Waals surface area contributed by atoms with Crippen molar-refractivity contribution in [1.82, 2.24) is 0 Å². The topological polar surface area (TPSA) is 77.5 Å². The first-order valence-corrected chi connectivity index (χ1v) is 9.74. The average Bonchev–Trinajstić information content (AvgIpc) is 2.18. The Morgan fingerprint density at radius 3 is 1.95 bits per heavy atom. The molecule has 0 aliphatic rings. The van der Waals surface area contributed by atoms with Crippen molar-refractivity contribution in [1.29, 1.82) is 0 Å². The van der Waals surface area contributed by atoms with E-state index in [2.05, 4.69) is 0 Å². The zero-order chi connectivity index (χ0) is 14.8. The van der Waals surface area contributed by atoms with Crippen LogP contribution in [0.15, 0.2) is 17.0 Å². The third kappa shape index (κ3) is 5.00. The first-order chi connectivity index (χ1) is 8.50. The fraction of sp³-hybridized carbons (Fsp3) is 0.455. The van der Waals surface area contributed by atoms with E-state index >= 15 is 0 Å². The predicted molar refractivity (Wildman–Crippen MR) is 74.2 cm³/mol. The van der Waals surface area contributed by atoms with Crippen LogP contribution in [0.4, 0.5) is 0 Å². The fourth-order valence-corrected chi connectivity index (χ4v) is 2.86. The third-order valence-electron chi connectivity index (χ3n) is 2.42. The van der Waals surface area contributed by atoms with Crippen LogP contribution >= 0.6 is 10.7 Å². The highest BCUT2D eigenvalue weighted by Gasteiger charge is 2.15. The molecule has 0 fully saturated rings. The Labute approximate surface area is 117 Å². The van der Waals surface area contributed by atoms with Crippen LogP contribution in [-0.4, -0.2) is 35.5 Å². The molecule has 0 atom stereocenters. The van der Waals surface area contributed by atoms with Gasteiger partial charge in [-0.2, -0.15) is 0 Å². The average molecular weight is 327 g/mol. The highest BCUT2D eigenvalue weighted by atomic mass is 35.7. The van der Waals surface area contributed by atoms with Gasteiger partial charge in [-0.25, -0.2) is 16.8 Å². The quantitative estimate of drug-likeness (QED) is 0.769. The summed E-state index contributed by atoms with van der Waals surface area (Å²) in [6.07, 6.45) is 1.12. The zero-order valence-electron chi connectivity index (χ0n) is 10.8. The number of benzene rings is 1. The molecule has 0 unspecified atom stereocenters. The maximum atomic E-state index is 11.2.